The molecule has 0 radical (unpaired) electrons. The summed E-state index contributed by atoms with van der Waals surface area (Å²) in [5.41, 5.74) is 6.05. The summed E-state index contributed by atoms with van der Waals surface area (Å²) in [6, 6.07) is 0.438. The van der Waals surface area contributed by atoms with Crippen LogP contribution in [0.3, 0.4) is 0 Å². The van der Waals surface area contributed by atoms with E-state index >= 15 is 0 Å². The van der Waals surface area contributed by atoms with E-state index in [1.165, 1.54) is 38.6 Å². The maximum atomic E-state index is 6.05. The zero-order chi connectivity index (χ0) is 8.39. The summed E-state index contributed by atoms with van der Waals surface area (Å²) in [7, 11) is 0. The molecule has 2 aliphatic rings. The molecule has 1 saturated carbocycles. The van der Waals surface area contributed by atoms with Gasteiger partial charge in [0.1, 0.15) is 0 Å². The molecule has 2 atom stereocenters. The fraction of sp³-hybridized carbons (Fsp3) is 1.00. The molecule has 0 bridgehead atoms. The molecule has 0 aromatic carbocycles. The summed E-state index contributed by atoms with van der Waals surface area (Å²) in [6.45, 7) is 2.22. The molecule has 70 valence electrons. The van der Waals surface area contributed by atoms with Crippen LogP contribution in [0.5, 0.6) is 0 Å². The van der Waals surface area contributed by atoms with Gasteiger partial charge in [-0.15, -0.1) is 0 Å². The predicted molar refractivity (Wildman–Crippen MR) is 50.9 cm³/mol. The van der Waals surface area contributed by atoms with Gasteiger partial charge in [0.2, 0.25) is 0 Å². The van der Waals surface area contributed by atoms with Gasteiger partial charge in [-0.05, 0) is 18.4 Å². The highest BCUT2D eigenvalue weighted by Crippen LogP contribution is 2.32. The van der Waals surface area contributed by atoms with Crippen LogP contribution < -0.4 is 11.1 Å². The lowest BCUT2D eigenvalue weighted by Gasteiger charge is -2.29. The Hall–Kier alpha value is -0.0800. The molecule has 0 spiro atoms. The van der Waals surface area contributed by atoms with Crippen LogP contribution in [0.2, 0.25) is 0 Å². The normalized spacial score (nSPS) is 38.8. The molecular formula is C10H20N2. The monoisotopic (exact) mass is 168 g/mol. The van der Waals surface area contributed by atoms with Crippen molar-refractivity contribution in [2.75, 3.05) is 13.1 Å². The largest absolute Gasteiger partial charge is 0.326 e. The van der Waals surface area contributed by atoms with E-state index in [2.05, 4.69) is 5.32 Å². The quantitative estimate of drug-likeness (QED) is 0.615. The summed E-state index contributed by atoms with van der Waals surface area (Å²) >= 11 is 0. The SMILES string of the molecule is N[C@@H]1CNC[C@@H]1C1CCCCC1. The Bertz CT molecular complexity index is 141. The van der Waals surface area contributed by atoms with E-state index in [0.717, 1.165) is 18.4 Å². The first-order valence-corrected chi connectivity index (χ1v) is 5.34. The predicted octanol–water partition coefficient (Wildman–Crippen LogP) is 1.11. The number of hydrogen-bond donors (Lipinski definition) is 2. The van der Waals surface area contributed by atoms with Gasteiger partial charge in [-0.2, -0.15) is 0 Å². The number of hydrogen-bond acceptors (Lipinski definition) is 2. The molecule has 0 aromatic rings. The lowest BCUT2D eigenvalue weighted by atomic mass is 9.78. The summed E-state index contributed by atoms with van der Waals surface area (Å²) in [4.78, 5) is 0. The van der Waals surface area contributed by atoms with E-state index in [4.69, 9.17) is 5.73 Å². The van der Waals surface area contributed by atoms with Crippen molar-refractivity contribution in [2.45, 2.75) is 38.1 Å². The van der Waals surface area contributed by atoms with Gasteiger partial charge in [0, 0.05) is 12.6 Å². The Morgan fingerprint density at radius 3 is 2.33 bits per heavy atom. The average Bonchev–Trinajstić information content (AvgIpc) is 2.53. The summed E-state index contributed by atoms with van der Waals surface area (Å²) in [5, 5.41) is 3.39. The number of rotatable bonds is 1. The van der Waals surface area contributed by atoms with Crippen molar-refractivity contribution in [2.24, 2.45) is 17.6 Å². The molecule has 2 rings (SSSR count). The van der Waals surface area contributed by atoms with Gasteiger partial charge in [0.15, 0.2) is 0 Å². The molecule has 1 saturated heterocycles. The van der Waals surface area contributed by atoms with Crippen LogP contribution in [0.1, 0.15) is 32.1 Å². The molecule has 2 heteroatoms. The van der Waals surface area contributed by atoms with Gasteiger partial charge in [0.05, 0.1) is 0 Å². The third-order valence-corrected chi connectivity index (χ3v) is 3.57. The fourth-order valence-electron chi connectivity index (χ4n) is 2.80. The zero-order valence-electron chi connectivity index (χ0n) is 7.76. The molecular weight excluding hydrogens is 148 g/mol. The van der Waals surface area contributed by atoms with Crippen molar-refractivity contribution in [1.29, 1.82) is 0 Å². The van der Waals surface area contributed by atoms with Crippen molar-refractivity contribution in [3.05, 3.63) is 0 Å². The van der Waals surface area contributed by atoms with Crippen LogP contribution in [0, 0.1) is 11.8 Å². The Balaban J connectivity index is 1.89. The van der Waals surface area contributed by atoms with Crippen molar-refractivity contribution in [3.8, 4) is 0 Å². The van der Waals surface area contributed by atoms with Crippen molar-refractivity contribution in [3.63, 3.8) is 0 Å². The summed E-state index contributed by atoms with van der Waals surface area (Å²) in [6.07, 6.45) is 7.19. The minimum absolute atomic E-state index is 0.438. The van der Waals surface area contributed by atoms with Gasteiger partial charge in [-0.1, -0.05) is 32.1 Å². The average molecular weight is 168 g/mol. The Kier molecular flexibility index (Phi) is 2.66. The molecule has 0 aromatic heterocycles. The first-order chi connectivity index (χ1) is 5.88. The molecule has 1 heterocycles. The molecule has 2 fully saturated rings. The standard InChI is InChI=1S/C10H20N2/c11-10-7-12-6-9(10)8-4-2-1-3-5-8/h8-10,12H,1-7,11H2/t9-,10-/m1/s1. The molecule has 1 aliphatic heterocycles. The van der Waals surface area contributed by atoms with Crippen LogP contribution in [0.25, 0.3) is 0 Å². The van der Waals surface area contributed by atoms with Gasteiger partial charge in [-0.25, -0.2) is 0 Å². The second-order valence-electron chi connectivity index (χ2n) is 4.38. The second-order valence-corrected chi connectivity index (χ2v) is 4.38. The highest BCUT2D eigenvalue weighted by Gasteiger charge is 2.31. The second kappa shape index (κ2) is 3.75. The number of nitrogens with two attached hydrogens (primary N) is 1. The van der Waals surface area contributed by atoms with E-state index in [1.54, 1.807) is 0 Å². The summed E-state index contributed by atoms with van der Waals surface area (Å²) in [5.74, 6) is 1.72. The van der Waals surface area contributed by atoms with E-state index in [1.807, 2.05) is 0 Å². The lowest BCUT2D eigenvalue weighted by Crippen LogP contribution is -2.34. The molecule has 3 N–H and O–H groups in total. The Labute approximate surface area is 74.9 Å². The molecule has 1 aliphatic carbocycles. The Morgan fingerprint density at radius 1 is 1.00 bits per heavy atom. The highest BCUT2D eigenvalue weighted by atomic mass is 15.0. The van der Waals surface area contributed by atoms with E-state index in [9.17, 15) is 0 Å². The number of nitrogens with one attached hydrogen (secondary N) is 1. The third-order valence-electron chi connectivity index (χ3n) is 3.57. The molecule has 0 amide bonds. The third kappa shape index (κ3) is 1.64. The van der Waals surface area contributed by atoms with Gasteiger partial charge in [0.25, 0.3) is 0 Å². The van der Waals surface area contributed by atoms with E-state index < -0.39 is 0 Å². The maximum Gasteiger partial charge on any atom is 0.0208 e. The molecule has 0 unspecified atom stereocenters. The minimum Gasteiger partial charge on any atom is -0.326 e. The fourth-order valence-corrected chi connectivity index (χ4v) is 2.80. The molecule has 2 nitrogen and oxygen atoms in total. The summed E-state index contributed by atoms with van der Waals surface area (Å²) < 4.78 is 0. The van der Waals surface area contributed by atoms with Gasteiger partial charge < -0.3 is 11.1 Å². The van der Waals surface area contributed by atoms with Crippen LogP contribution >= 0.6 is 0 Å². The Morgan fingerprint density at radius 2 is 1.75 bits per heavy atom. The van der Waals surface area contributed by atoms with Crippen LogP contribution in [0.15, 0.2) is 0 Å². The maximum absolute atomic E-state index is 6.05. The topological polar surface area (TPSA) is 38.0 Å². The van der Waals surface area contributed by atoms with Crippen molar-refractivity contribution < 1.29 is 0 Å². The van der Waals surface area contributed by atoms with Crippen molar-refractivity contribution in [1.82, 2.24) is 5.32 Å². The highest BCUT2D eigenvalue weighted by molar-refractivity contribution is 4.89. The van der Waals surface area contributed by atoms with Crippen LogP contribution in [-0.2, 0) is 0 Å². The molecule has 12 heavy (non-hydrogen) atoms. The minimum atomic E-state index is 0.438. The van der Waals surface area contributed by atoms with Crippen LogP contribution in [-0.4, -0.2) is 19.1 Å². The van der Waals surface area contributed by atoms with Gasteiger partial charge in [-0.3, -0.25) is 0 Å². The smallest absolute Gasteiger partial charge is 0.0208 e. The van der Waals surface area contributed by atoms with E-state index in [0.29, 0.717) is 6.04 Å². The van der Waals surface area contributed by atoms with Crippen LogP contribution in [0.4, 0.5) is 0 Å². The van der Waals surface area contributed by atoms with E-state index in [-0.39, 0.29) is 0 Å². The first-order valence-electron chi connectivity index (χ1n) is 5.34. The van der Waals surface area contributed by atoms with Gasteiger partial charge >= 0.3 is 0 Å². The van der Waals surface area contributed by atoms with Crippen molar-refractivity contribution >= 4 is 0 Å². The first kappa shape index (κ1) is 8.52. The lowest BCUT2D eigenvalue weighted by molar-refractivity contribution is 0.247. The zero-order valence-corrected chi connectivity index (χ0v) is 7.76.